The Morgan fingerprint density at radius 1 is 1.35 bits per heavy atom. The Balaban J connectivity index is 1.50. The highest BCUT2D eigenvalue weighted by molar-refractivity contribution is 7.18. The van der Waals surface area contributed by atoms with E-state index in [1.54, 1.807) is 4.40 Å². The molecule has 1 aromatic carbocycles. The van der Waals surface area contributed by atoms with Gasteiger partial charge in [0.05, 0.1) is 11.0 Å². The summed E-state index contributed by atoms with van der Waals surface area (Å²) in [4.78, 5) is 32.8. The molecule has 1 amide bonds. The number of piperidine rings is 1. The van der Waals surface area contributed by atoms with E-state index in [9.17, 15) is 9.59 Å². The number of carbonyl (C=O) groups is 1. The lowest BCUT2D eigenvalue weighted by molar-refractivity contribution is 0.0942. The zero-order valence-corrected chi connectivity index (χ0v) is 15.6. The molecule has 0 bridgehead atoms. The van der Waals surface area contributed by atoms with E-state index >= 15 is 0 Å². The van der Waals surface area contributed by atoms with Crippen molar-refractivity contribution in [1.29, 1.82) is 0 Å². The van der Waals surface area contributed by atoms with Crippen LogP contribution in [0.3, 0.4) is 0 Å². The fraction of sp³-hybridized carbons (Fsp3) is 0.421. The Bertz CT molecular complexity index is 1010. The maximum absolute atomic E-state index is 12.5. The highest BCUT2D eigenvalue weighted by atomic mass is 32.1. The summed E-state index contributed by atoms with van der Waals surface area (Å²) in [5.41, 5.74) is 1.31. The third kappa shape index (κ3) is 3.24. The number of hydrogen-bond acceptors (Lipinski definition) is 5. The van der Waals surface area contributed by atoms with Crippen molar-refractivity contribution in [3.05, 3.63) is 45.6 Å². The molecule has 1 saturated heterocycles. The van der Waals surface area contributed by atoms with Gasteiger partial charge in [-0.3, -0.25) is 18.9 Å². The summed E-state index contributed by atoms with van der Waals surface area (Å²) < 4.78 is 1.56. The number of imidazole rings is 1. The van der Waals surface area contributed by atoms with Gasteiger partial charge in [-0.1, -0.05) is 29.9 Å². The van der Waals surface area contributed by atoms with Crippen LogP contribution in [-0.2, 0) is 0 Å². The minimum absolute atomic E-state index is 0.202. The highest BCUT2D eigenvalue weighted by Crippen LogP contribution is 2.19. The van der Waals surface area contributed by atoms with Crippen molar-refractivity contribution in [3.8, 4) is 0 Å². The molecule has 1 aliphatic rings. The minimum atomic E-state index is -0.220. The van der Waals surface area contributed by atoms with Crippen LogP contribution in [0.2, 0.25) is 0 Å². The fourth-order valence-corrected chi connectivity index (χ4v) is 4.54. The van der Waals surface area contributed by atoms with Crippen molar-refractivity contribution in [2.24, 2.45) is 0 Å². The summed E-state index contributed by atoms with van der Waals surface area (Å²) in [5, 5.41) is 2.95. The van der Waals surface area contributed by atoms with Crippen LogP contribution in [0.25, 0.3) is 16.0 Å². The second kappa shape index (κ2) is 7.17. The Kier molecular flexibility index (Phi) is 4.74. The Hall–Kier alpha value is -2.25. The van der Waals surface area contributed by atoms with Gasteiger partial charge < -0.3 is 5.32 Å². The summed E-state index contributed by atoms with van der Waals surface area (Å²) >= 11 is 1.25. The smallest absolute Gasteiger partial charge is 0.261 e. The lowest BCUT2D eigenvalue weighted by Gasteiger charge is -2.33. The third-order valence-corrected chi connectivity index (χ3v) is 6.03. The molecular formula is C19H22N4O2S. The topological polar surface area (TPSA) is 66.7 Å². The standard InChI is InChI=1S/C19H22N4O2S/c1-13-6-4-5-10-22(13)11-9-20-18(25)16-12-17(24)23-15-8-3-2-7-14(15)21-19(23)26-16/h2-3,7-8,12-13H,4-6,9-11H2,1H3,(H,20,25)/t13-/m1/s1. The number of hydrogen-bond donors (Lipinski definition) is 1. The maximum Gasteiger partial charge on any atom is 0.261 e. The quantitative estimate of drug-likeness (QED) is 0.766. The summed E-state index contributed by atoms with van der Waals surface area (Å²) in [6.07, 6.45) is 3.74. The monoisotopic (exact) mass is 370 g/mol. The molecule has 0 radical (unpaired) electrons. The number of carbonyl (C=O) groups excluding carboxylic acids is 1. The van der Waals surface area contributed by atoms with E-state index in [0.29, 0.717) is 22.4 Å². The fourth-order valence-electron chi connectivity index (χ4n) is 3.59. The summed E-state index contributed by atoms with van der Waals surface area (Å²) in [6, 6.07) is 9.48. The molecule has 7 heteroatoms. The van der Waals surface area contributed by atoms with Crippen molar-refractivity contribution >= 4 is 33.2 Å². The Morgan fingerprint density at radius 3 is 3.04 bits per heavy atom. The largest absolute Gasteiger partial charge is 0.350 e. The lowest BCUT2D eigenvalue weighted by Crippen LogP contribution is -2.42. The number of amides is 1. The van der Waals surface area contributed by atoms with E-state index in [-0.39, 0.29) is 11.5 Å². The molecule has 3 aromatic rings. The number of nitrogens with one attached hydrogen (secondary N) is 1. The van der Waals surface area contributed by atoms with Crippen molar-refractivity contribution in [1.82, 2.24) is 19.6 Å². The number of nitrogens with zero attached hydrogens (tertiary/aromatic N) is 3. The Morgan fingerprint density at radius 2 is 2.19 bits per heavy atom. The van der Waals surface area contributed by atoms with Gasteiger partial charge in [0, 0.05) is 25.2 Å². The number of benzene rings is 1. The van der Waals surface area contributed by atoms with E-state index in [1.165, 1.54) is 36.7 Å². The van der Waals surface area contributed by atoms with Crippen LogP contribution in [0.1, 0.15) is 35.9 Å². The summed E-state index contributed by atoms with van der Waals surface area (Å²) in [7, 11) is 0. The molecule has 1 atom stereocenters. The SMILES string of the molecule is C[C@@H]1CCCCN1CCNC(=O)c1cc(=O)n2c(nc3ccccc32)s1. The second-order valence-electron chi connectivity index (χ2n) is 6.80. The van der Waals surface area contributed by atoms with E-state index < -0.39 is 0 Å². The summed E-state index contributed by atoms with van der Waals surface area (Å²) in [5.74, 6) is -0.202. The molecule has 136 valence electrons. The number of fused-ring (bicyclic) bond motifs is 3. The van der Waals surface area contributed by atoms with Crippen molar-refractivity contribution in [2.75, 3.05) is 19.6 Å². The van der Waals surface area contributed by atoms with E-state index in [0.717, 1.165) is 24.1 Å². The van der Waals surface area contributed by atoms with Crippen LogP contribution in [-0.4, -0.2) is 45.9 Å². The average molecular weight is 370 g/mol. The second-order valence-corrected chi connectivity index (χ2v) is 7.81. The van der Waals surface area contributed by atoms with E-state index in [4.69, 9.17) is 0 Å². The van der Waals surface area contributed by atoms with Crippen LogP contribution in [0, 0.1) is 0 Å². The van der Waals surface area contributed by atoms with E-state index in [2.05, 4.69) is 22.1 Å². The van der Waals surface area contributed by atoms with Crippen LogP contribution < -0.4 is 10.9 Å². The molecule has 4 rings (SSSR count). The van der Waals surface area contributed by atoms with Gasteiger partial charge in [-0.15, -0.1) is 0 Å². The Labute approximate surface area is 155 Å². The summed E-state index contributed by atoms with van der Waals surface area (Å²) in [6.45, 7) is 4.77. The zero-order chi connectivity index (χ0) is 18.1. The normalized spacial score (nSPS) is 18.4. The van der Waals surface area contributed by atoms with Gasteiger partial charge in [0.1, 0.15) is 4.88 Å². The van der Waals surface area contributed by atoms with Gasteiger partial charge in [-0.05, 0) is 38.4 Å². The molecule has 1 N–H and O–H groups in total. The molecule has 0 unspecified atom stereocenters. The third-order valence-electron chi connectivity index (χ3n) is 5.06. The lowest BCUT2D eigenvalue weighted by atomic mass is 10.0. The van der Waals surface area contributed by atoms with Crippen molar-refractivity contribution in [3.63, 3.8) is 0 Å². The number of likely N-dealkylation sites (tertiary alicyclic amines) is 1. The molecule has 0 saturated carbocycles. The van der Waals surface area contributed by atoms with Crippen LogP contribution in [0.5, 0.6) is 0 Å². The number of aromatic nitrogens is 2. The number of para-hydroxylation sites is 2. The first kappa shape index (κ1) is 17.2. The van der Waals surface area contributed by atoms with Crippen molar-refractivity contribution in [2.45, 2.75) is 32.2 Å². The van der Waals surface area contributed by atoms with Gasteiger partial charge >= 0.3 is 0 Å². The molecule has 1 fully saturated rings. The van der Waals surface area contributed by atoms with Crippen molar-refractivity contribution < 1.29 is 4.79 Å². The molecule has 2 aromatic heterocycles. The van der Waals surface area contributed by atoms with Crippen LogP contribution >= 0.6 is 11.3 Å². The van der Waals surface area contributed by atoms with Crippen LogP contribution in [0.15, 0.2) is 35.1 Å². The molecular weight excluding hydrogens is 348 g/mol. The zero-order valence-electron chi connectivity index (χ0n) is 14.8. The molecule has 0 aliphatic carbocycles. The maximum atomic E-state index is 12.5. The molecule has 6 nitrogen and oxygen atoms in total. The number of rotatable bonds is 4. The first-order valence-electron chi connectivity index (χ1n) is 9.07. The first-order chi connectivity index (χ1) is 12.6. The first-order valence-corrected chi connectivity index (χ1v) is 9.89. The molecule has 26 heavy (non-hydrogen) atoms. The minimum Gasteiger partial charge on any atom is -0.350 e. The van der Waals surface area contributed by atoms with Gasteiger partial charge in [0.2, 0.25) is 0 Å². The van der Waals surface area contributed by atoms with E-state index in [1.807, 2.05) is 24.3 Å². The molecule has 0 spiro atoms. The highest BCUT2D eigenvalue weighted by Gasteiger charge is 2.18. The predicted molar refractivity (Wildman–Crippen MR) is 104 cm³/mol. The van der Waals surface area contributed by atoms with Gasteiger partial charge in [-0.2, -0.15) is 0 Å². The van der Waals surface area contributed by atoms with Gasteiger partial charge in [0.25, 0.3) is 11.5 Å². The predicted octanol–water partition coefficient (Wildman–Crippen LogP) is 2.51. The van der Waals surface area contributed by atoms with Crippen LogP contribution in [0.4, 0.5) is 0 Å². The average Bonchev–Trinajstić information content (AvgIpc) is 3.02. The molecule has 3 heterocycles. The van der Waals surface area contributed by atoms with Gasteiger partial charge in [0.15, 0.2) is 4.96 Å². The van der Waals surface area contributed by atoms with Gasteiger partial charge in [-0.25, -0.2) is 4.98 Å². The molecule has 1 aliphatic heterocycles.